The maximum atomic E-state index is 12.8. The zero-order valence-electron chi connectivity index (χ0n) is 15.0. The number of halogens is 2. The van der Waals surface area contributed by atoms with Crippen LogP contribution in [0.1, 0.15) is 21.5 Å². The Balaban J connectivity index is 1.75. The molecule has 0 unspecified atom stereocenters. The fourth-order valence-electron chi connectivity index (χ4n) is 2.66. The molecule has 0 radical (unpaired) electrons. The molecule has 0 atom stereocenters. The standard InChI is InChI=1S/C22H17Cl2NO3/c1-14-11-16(23)8-10-20(14)28-13-21(26)25-19-9-7-17(24)12-18(19)22(27)15-5-3-2-4-6-15/h2-12H,13H2,1H3,(H,25,26). The van der Waals surface area contributed by atoms with E-state index in [0.717, 1.165) is 5.56 Å². The summed E-state index contributed by atoms with van der Waals surface area (Å²) in [6, 6.07) is 18.7. The first-order valence-electron chi connectivity index (χ1n) is 8.52. The molecule has 0 heterocycles. The maximum absolute atomic E-state index is 12.8. The van der Waals surface area contributed by atoms with E-state index in [1.807, 2.05) is 13.0 Å². The van der Waals surface area contributed by atoms with E-state index in [1.54, 1.807) is 54.6 Å². The molecule has 0 saturated heterocycles. The van der Waals surface area contributed by atoms with E-state index in [2.05, 4.69) is 5.32 Å². The summed E-state index contributed by atoms with van der Waals surface area (Å²) in [5, 5.41) is 3.72. The highest BCUT2D eigenvalue weighted by Crippen LogP contribution is 2.24. The van der Waals surface area contributed by atoms with Gasteiger partial charge in [-0.1, -0.05) is 53.5 Å². The summed E-state index contributed by atoms with van der Waals surface area (Å²) in [7, 11) is 0. The molecule has 3 aromatic rings. The van der Waals surface area contributed by atoms with E-state index in [9.17, 15) is 9.59 Å². The first-order valence-corrected chi connectivity index (χ1v) is 9.28. The van der Waals surface area contributed by atoms with Gasteiger partial charge in [-0.25, -0.2) is 0 Å². The third-order valence-electron chi connectivity index (χ3n) is 4.03. The summed E-state index contributed by atoms with van der Waals surface area (Å²) in [6.45, 7) is 1.64. The van der Waals surface area contributed by atoms with Crippen molar-refractivity contribution in [2.75, 3.05) is 11.9 Å². The Kier molecular flexibility index (Phi) is 6.34. The molecule has 4 nitrogen and oxygen atoms in total. The smallest absolute Gasteiger partial charge is 0.262 e. The van der Waals surface area contributed by atoms with Crippen LogP contribution in [0.4, 0.5) is 5.69 Å². The lowest BCUT2D eigenvalue weighted by atomic mass is 10.0. The van der Waals surface area contributed by atoms with Crippen LogP contribution in [0.5, 0.6) is 5.75 Å². The first-order chi connectivity index (χ1) is 13.4. The van der Waals surface area contributed by atoms with E-state index in [4.69, 9.17) is 27.9 Å². The van der Waals surface area contributed by atoms with Crippen LogP contribution in [0.3, 0.4) is 0 Å². The van der Waals surface area contributed by atoms with Crippen molar-refractivity contribution in [2.45, 2.75) is 6.92 Å². The Labute approximate surface area is 173 Å². The van der Waals surface area contributed by atoms with Gasteiger partial charge in [-0.2, -0.15) is 0 Å². The molecule has 0 aliphatic rings. The molecule has 28 heavy (non-hydrogen) atoms. The third-order valence-corrected chi connectivity index (χ3v) is 4.50. The number of ketones is 1. The summed E-state index contributed by atoms with van der Waals surface area (Å²) >= 11 is 12.0. The second-order valence-electron chi connectivity index (χ2n) is 6.13. The van der Waals surface area contributed by atoms with Gasteiger partial charge in [-0.15, -0.1) is 0 Å². The Morgan fingerprint density at radius 1 is 0.929 bits per heavy atom. The van der Waals surface area contributed by atoms with Crippen LogP contribution in [-0.2, 0) is 4.79 Å². The summed E-state index contributed by atoms with van der Waals surface area (Å²) in [5.74, 6) is -0.0529. The van der Waals surface area contributed by atoms with Crippen molar-refractivity contribution in [3.8, 4) is 5.75 Å². The Morgan fingerprint density at radius 3 is 2.32 bits per heavy atom. The fraction of sp³-hybridized carbons (Fsp3) is 0.0909. The van der Waals surface area contributed by atoms with Gasteiger partial charge in [0.15, 0.2) is 12.4 Å². The van der Waals surface area contributed by atoms with Crippen LogP contribution >= 0.6 is 23.2 Å². The Morgan fingerprint density at radius 2 is 1.61 bits per heavy atom. The van der Waals surface area contributed by atoms with Gasteiger partial charge in [0.2, 0.25) is 0 Å². The van der Waals surface area contributed by atoms with E-state index in [1.165, 1.54) is 6.07 Å². The minimum Gasteiger partial charge on any atom is -0.483 e. The summed E-state index contributed by atoms with van der Waals surface area (Å²) in [5.41, 5.74) is 2.02. The van der Waals surface area contributed by atoms with Gasteiger partial charge in [0.25, 0.3) is 5.91 Å². The molecule has 1 amide bonds. The molecular weight excluding hydrogens is 397 g/mol. The minimum atomic E-state index is -0.390. The zero-order chi connectivity index (χ0) is 20.1. The predicted octanol–water partition coefficient (Wildman–Crippen LogP) is 5.55. The van der Waals surface area contributed by atoms with Gasteiger partial charge in [0, 0.05) is 21.2 Å². The van der Waals surface area contributed by atoms with Crippen molar-refractivity contribution < 1.29 is 14.3 Å². The molecule has 6 heteroatoms. The summed E-state index contributed by atoms with van der Waals surface area (Å²) in [6.07, 6.45) is 0. The molecule has 3 aromatic carbocycles. The molecular formula is C22H17Cl2NO3. The number of hydrogen-bond acceptors (Lipinski definition) is 3. The number of amides is 1. The number of carbonyl (C=O) groups excluding carboxylic acids is 2. The lowest BCUT2D eigenvalue weighted by Gasteiger charge is -2.13. The predicted molar refractivity (Wildman–Crippen MR) is 112 cm³/mol. The van der Waals surface area contributed by atoms with Crippen molar-refractivity contribution in [3.63, 3.8) is 0 Å². The number of anilines is 1. The average Bonchev–Trinajstić information content (AvgIpc) is 2.69. The zero-order valence-corrected chi connectivity index (χ0v) is 16.6. The second kappa shape index (κ2) is 8.91. The fourth-order valence-corrected chi connectivity index (χ4v) is 3.06. The van der Waals surface area contributed by atoms with Gasteiger partial charge in [-0.3, -0.25) is 9.59 Å². The van der Waals surface area contributed by atoms with E-state index < -0.39 is 5.91 Å². The van der Waals surface area contributed by atoms with Gasteiger partial charge < -0.3 is 10.1 Å². The highest BCUT2D eigenvalue weighted by Gasteiger charge is 2.16. The highest BCUT2D eigenvalue weighted by atomic mass is 35.5. The second-order valence-corrected chi connectivity index (χ2v) is 7.00. The number of benzene rings is 3. The lowest BCUT2D eigenvalue weighted by Crippen LogP contribution is -2.22. The molecule has 0 spiro atoms. The quantitative estimate of drug-likeness (QED) is 0.538. The monoisotopic (exact) mass is 413 g/mol. The topological polar surface area (TPSA) is 55.4 Å². The van der Waals surface area contributed by atoms with Crippen LogP contribution in [0, 0.1) is 6.92 Å². The molecule has 142 valence electrons. The van der Waals surface area contributed by atoms with E-state index >= 15 is 0 Å². The number of nitrogens with one attached hydrogen (secondary N) is 1. The molecule has 0 bridgehead atoms. The molecule has 0 fully saturated rings. The van der Waals surface area contributed by atoms with Gasteiger partial charge in [0.1, 0.15) is 5.75 Å². The molecule has 0 aromatic heterocycles. The Hall–Kier alpha value is -2.82. The van der Waals surface area contributed by atoms with Gasteiger partial charge >= 0.3 is 0 Å². The van der Waals surface area contributed by atoms with Crippen molar-refractivity contribution >= 4 is 40.6 Å². The van der Waals surface area contributed by atoms with Crippen LogP contribution in [0.2, 0.25) is 10.0 Å². The SMILES string of the molecule is Cc1cc(Cl)ccc1OCC(=O)Nc1ccc(Cl)cc1C(=O)c1ccccc1. The molecule has 0 saturated carbocycles. The lowest BCUT2D eigenvalue weighted by molar-refractivity contribution is -0.118. The average molecular weight is 414 g/mol. The van der Waals surface area contributed by atoms with Crippen molar-refractivity contribution in [1.29, 1.82) is 0 Å². The van der Waals surface area contributed by atoms with Crippen LogP contribution in [-0.4, -0.2) is 18.3 Å². The molecule has 0 aliphatic heterocycles. The number of rotatable bonds is 6. The van der Waals surface area contributed by atoms with Crippen LogP contribution < -0.4 is 10.1 Å². The van der Waals surface area contributed by atoms with E-state index in [-0.39, 0.29) is 12.4 Å². The number of aryl methyl sites for hydroxylation is 1. The van der Waals surface area contributed by atoms with E-state index in [0.29, 0.717) is 32.6 Å². The Bertz CT molecular complexity index is 1020. The van der Waals surface area contributed by atoms with Crippen molar-refractivity contribution in [1.82, 2.24) is 0 Å². The molecule has 1 N–H and O–H groups in total. The van der Waals surface area contributed by atoms with Crippen LogP contribution in [0.15, 0.2) is 66.7 Å². The number of carbonyl (C=O) groups is 2. The molecule has 3 rings (SSSR count). The van der Waals surface area contributed by atoms with Crippen molar-refractivity contribution in [2.24, 2.45) is 0 Å². The normalized spacial score (nSPS) is 10.4. The largest absolute Gasteiger partial charge is 0.483 e. The molecule has 0 aliphatic carbocycles. The first kappa shape index (κ1) is 19.9. The van der Waals surface area contributed by atoms with Crippen LogP contribution in [0.25, 0.3) is 0 Å². The minimum absolute atomic E-state index is 0.204. The van der Waals surface area contributed by atoms with Gasteiger partial charge in [0.05, 0.1) is 5.69 Å². The highest BCUT2D eigenvalue weighted by molar-refractivity contribution is 6.31. The third kappa shape index (κ3) is 4.91. The van der Waals surface area contributed by atoms with Gasteiger partial charge in [-0.05, 0) is 48.9 Å². The number of ether oxygens (including phenoxy) is 1. The van der Waals surface area contributed by atoms with Crippen molar-refractivity contribution in [3.05, 3.63) is 93.5 Å². The summed E-state index contributed by atoms with van der Waals surface area (Å²) < 4.78 is 5.55. The number of hydrogen-bond donors (Lipinski definition) is 1. The summed E-state index contributed by atoms with van der Waals surface area (Å²) in [4.78, 5) is 25.2. The maximum Gasteiger partial charge on any atom is 0.262 e.